The molecule has 1 amide bonds. The Morgan fingerprint density at radius 2 is 1.85 bits per heavy atom. The second-order valence-electron chi connectivity index (χ2n) is 12.2. The molecule has 1 aliphatic heterocycles. The number of aromatic amines is 1. The van der Waals surface area contributed by atoms with Crippen LogP contribution in [0.15, 0.2) is 72.8 Å². The number of carbonyl (C=O) groups is 1. The van der Waals surface area contributed by atoms with Gasteiger partial charge in [-0.15, -0.1) is 11.3 Å². The zero-order valence-corrected chi connectivity index (χ0v) is 24.7. The molecule has 5 aromatic rings. The second-order valence-corrected chi connectivity index (χ2v) is 13.3. The first-order valence-corrected chi connectivity index (χ1v) is 15.5. The number of thiophene rings is 1. The van der Waals surface area contributed by atoms with Gasteiger partial charge in [-0.2, -0.15) is 0 Å². The molecule has 4 nitrogen and oxygen atoms in total. The van der Waals surface area contributed by atoms with Gasteiger partial charge in [0.2, 0.25) is 0 Å². The lowest BCUT2D eigenvalue weighted by Crippen LogP contribution is -2.55. The van der Waals surface area contributed by atoms with E-state index in [2.05, 4.69) is 84.3 Å². The molecule has 2 aromatic heterocycles. The van der Waals surface area contributed by atoms with Crippen molar-refractivity contribution < 1.29 is 9.18 Å². The van der Waals surface area contributed by atoms with E-state index in [-0.39, 0.29) is 23.3 Å². The minimum Gasteiger partial charge on any atom is -0.356 e. The van der Waals surface area contributed by atoms with E-state index in [4.69, 9.17) is 0 Å². The van der Waals surface area contributed by atoms with E-state index in [0.717, 1.165) is 58.1 Å². The Morgan fingerprint density at radius 1 is 1.05 bits per heavy atom. The summed E-state index contributed by atoms with van der Waals surface area (Å²) in [6, 6.07) is 24.3. The Morgan fingerprint density at radius 3 is 2.63 bits per heavy atom. The van der Waals surface area contributed by atoms with Crippen molar-refractivity contribution in [1.82, 2.24) is 14.8 Å². The number of nitrogens with one attached hydrogen (secondary N) is 1. The highest BCUT2D eigenvalue weighted by Crippen LogP contribution is 2.52. The van der Waals surface area contributed by atoms with Crippen molar-refractivity contribution in [2.24, 2.45) is 5.92 Å². The van der Waals surface area contributed by atoms with Gasteiger partial charge in [0.15, 0.2) is 0 Å². The molecule has 0 radical (unpaired) electrons. The highest BCUT2D eigenvalue weighted by atomic mass is 32.1. The number of H-pyrrole nitrogens is 1. The summed E-state index contributed by atoms with van der Waals surface area (Å²) in [6.45, 7) is 2.81. The normalized spacial score (nSPS) is 21.6. The molecule has 1 N–H and O–H groups in total. The first-order chi connectivity index (χ1) is 19.8. The van der Waals surface area contributed by atoms with E-state index >= 15 is 0 Å². The van der Waals surface area contributed by atoms with Crippen molar-refractivity contribution >= 4 is 38.2 Å². The van der Waals surface area contributed by atoms with Gasteiger partial charge in [0.05, 0.1) is 10.4 Å². The van der Waals surface area contributed by atoms with Crippen molar-refractivity contribution in [2.75, 3.05) is 20.6 Å². The minimum atomic E-state index is -0.384. The number of para-hydroxylation sites is 1. The lowest BCUT2D eigenvalue weighted by molar-refractivity contribution is 0.00948. The van der Waals surface area contributed by atoms with Crippen molar-refractivity contribution in [3.8, 4) is 0 Å². The number of aryl methyl sites for hydroxylation is 1. The molecule has 7 rings (SSSR count). The summed E-state index contributed by atoms with van der Waals surface area (Å²) in [7, 11) is 4.19. The lowest BCUT2D eigenvalue weighted by atomic mass is 9.68. The van der Waals surface area contributed by atoms with Crippen LogP contribution >= 0.6 is 11.3 Å². The molecule has 1 saturated carbocycles. The number of carbonyl (C=O) groups excluding carboxylic acids is 1. The quantitative estimate of drug-likeness (QED) is 0.238. The average molecular weight is 566 g/mol. The van der Waals surface area contributed by atoms with Crippen molar-refractivity contribution in [3.63, 3.8) is 0 Å². The van der Waals surface area contributed by atoms with Crippen LogP contribution in [0.5, 0.6) is 0 Å². The molecule has 1 unspecified atom stereocenters. The third kappa shape index (κ3) is 4.39. The SMILES string of the molecule is Cc1ccc2sc(C(=O)N3CCc4c([nH]c5ccccc45)C34CCC(C(c3cccc(F)c3)N(C)C)CC4)cc2c1. The Kier molecular flexibility index (Phi) is 6.51. The van der Waals surface area contributed by atoms with Gasteiger partial charge in [-0.25, -0.2) is 4.39 Å². The Hall–Kier alpha value is -3.48. The number of hydrogen-bond acceptors (Lipinski definition) is 3. The van der Waals surface area contributed by atoms with Crippen LogP contribution in [-0.2, 0) is 12.0 Å². The van der Waals surface area contributed by atoms with Gasteiger partial charge >= 0.3 is 0 Å². The Balaban J connectivity index is 1.28. The van der Waals surface area contributed by atoms with Crippen molar-refractivity contribution in [1.29, 1.82) is 0 Å². The lowest BCUT2D eigenvalue weighted by Gasteiger charge is -2.51. The van der Waals surface area contributed by atoms with Crippen LogP contribution in [0.4, 0.5) is 4.39 Å². The molecular weight excluding hydrogens is 529 g/mol. The molecule has 3 aromatic carbocycles. The van der Waals surface area contributed by atoms with E-state index in [9.17, 15) is 9.18 Å². The zero-order valence-electron chi connectivity index (χ0n) is 23.9. The summed E-state index contributed by atoms with van der Waals surface area (Å²) in [5, 5.41) is 2.42. The molecule has 41 heavy (non-hydrogen) atoms. The zero-order chi connectivity index (χ0) is 28.3. The number of rotatable bonds is 4. The monoisotopic (exact) mass is 565 g/mol. The van der Waals surface area contributed by atoms with Crippen LogP contribution in [0.25, 0.3) is 21.0 Å². The van der Waals surface area contributed by atoms with Gasteiger partial charge in [-0.05, 0) is 106 Å². The largest absolute Gasteiger partial charge is 0.356 e. The second kappa shape index (κ2) is 10.1. The highest BCUT2D eigenvalue weighted by molar-refractivity contribution is 7.20. The molecular formula is C35H36FN3OS. The minimum absolute atomic E-state index is 0.129. The molecule has 1 atom stereocenters. The number of nitrogens with zero attached hydrogens (tertiary/aromatic N) is 2. The predicted molar refractivity (Wildman–Crippen MR) is 166 cm³/mol. The summed E-state index contributed by atoms with van der Waals surface area (Å²) in [5.74, 6) is 0.323. The van der Waals surface area contributed by atoms with Crippen molar-refractivity contribution in [2.45, 2.75) is 50.6 Å². The average Bonchev–Trinajstić information content (AvgIpc) is 3.56. The molecule has 1 aliphatic carbocycles. The number of benzene rings is 3. The van der Waals surface area contributed by atoms with Crippen LogP contribution in [0.1, 0.15) is 63.8 Å². The van der Waals surface area contributed by atoms with Crippen molar-refractivity contribution in [3.05, 3.63) is 106 Å². The van der Waals surface area contributed by atoms with E-state index in [1.54, 1.807) is 17.4 Å². The van der Waals surface area contributed by atoms with E-state index in [1.807, 2.05) is 12.1 Å². The van der Waals surface area contributed by atoms with Crippen LogP contribution in [-0.4, -0.2) is 41.3 Å². The fourth-order valence-corrected chi connectivity index (χ4v) is 8.75. The van der Waals surface area contributed by atoms with Gasteiger partial charge in [0.25, 0.3) is 5.91 Å². The number of aromatic nitrogens is 1. The Bertz CT molecular complexity index is 1760. The molecule has 1 fully saturated rings. The summed E-state index contributed by atoms with van der Waals surface area (Å²) >= 11 is 1.61. The number of hydrogen-bond donors (Lipinski definition) is 1. The first kappa shape index (κ1) is 26.4. The summed E-state index contributed by atoms with van der Waals surface area (Å²) < 4.78 is 15.4. The van der Waals surface area contributed by atoms with Gasteiger partial charge in [-0.3, -0.25) is 4.79 Å². The van der Waals surface area contributed by atoms with Gasteiger partial charge in [0, 0.05) is 33.9 Å². The summed E-state index contributed by atoms with van der Waals surface area (Å²) in [4.78, 5) is 23.5. The topological polar surface area (TPSA) is 39.3 Å². The fourth-order valence-electron chi connectivity index (χ4n) is 7.76. The van der Waals surface area contributed by atoms with E-state index in [0.29, 0.717) is 12.5 Å². The maximum atomic E-state index is 14.4. The highest BCUT2D eigenvalue weighted by Gasteiger charge is 2.50. The molecule has 3 heterocycles. The molecule has 6 heteroatoms. The number of fused-ring (bicyclic) bond motifs is 5. The maximum absolute atomic E-state index is 14.4. The third-order valence-corrected chi connectivity index (χ3v) is 10.7. The molecule has 210 valence electrons. The van der Waals surface area contributed by atoms with Crippen LogP contribution in [0, 0.1) is 18.7 Å². The van der Waals surface area contributed by atoms with Gasteiger partial charge in [-0.1, -0.05) is 48.0 Å². The smallest absolute Gasteiger partial charge is 0.264 e. The standard InChI is InChI=1S/C35H36FN3OS/c1-22-11-12-30-25(19-22)21-31(41-30)34(40)39-18-15-28-27-9-4-5-10-29(27)37-33(28)35(39)16-13-23(14-17-35)32(38(2)3)24-7-6-8-26(36)20-24/h4-12,19-21,23,32,37H,13-18H2,1-3H3. The molecule has 0 bridgehead atoms. The Labute approximate surface area is 244 Å². The maximum Gasteiger partial charge on any atom is 0.264 e. The predicted octanol–water partition coefficient (Wildman–Crippen LogP) is 8.22. The van der Waals surface area contributed by atoms with Crippen LogP contribution in [0.3, 0.4) is 0 Å². The molecule has 2 aliphatic rings. The number of amides is 1. The summed E-state index contributed by atoms with van der Waals surface area (Å²) in [6.07, 6.45) is 4.54. The molecule has 1 spiro atoms. The van der Waals surface area contributed by atoms with E-state index in [1.165, 1.54) is 28.3 Å². The van der Waals surface area contributed by atoms with Gasteiger partial charge < -0.3 is 14.8 Å². The van der Waals surface area contributed by atoms with Gasteiger partial charge in [0.1, 0.15) is 5.82 Å². The number of halogens is 1. The van der Waals surface area contributed by atoms with Crippen LogP contribution < -0.4 is 0 Å². The van der Waals surface area contributed by atoms with Crippen LogP contribution in [0.2, 0.25) is 0 Å². The molecule has 0 saturated heterocycles. The third-order valence-electron chi connectivity index (χ3n) is 9.56. The first-order valence-electron chi connectivity index (χ1n) is 14.7. The summed E-state index contributed by atoms with van der Waals surface area (Å²) in [5.41, 5.74) is 5.59. The van der Waals surface area contributed by atoms with E-state index < -0.39 is 0 Å². The fraction of sp³-hybridized carbons (Fsp3) is 0.343.